The van der Waals surface area contributed by atoms with E-state index in [1.54, 1.807) is 6.92 Å². The predicted octanol–water partition coefficient (Wildman–Crippen LogP) is 0.976. The second-order valence-electron chi connectivity index (χ2n) is 3.09. The Bertz CT molecular complexity index is 199. The summed E-state index contributed by atoms with van der Waals surface area (Å²) in [5, 5.41) is 0. The fourth-order valence-corrected chi connectivity index (χ4v) is 1.30. The Morgan fingerprint density at radius 3 is 2.08 bits per heavy atom. The van der Waals surface area contributed by atoms with Crippen molar-refractivity contribution in [1.29, 1.82) is 0 Å². The summed E-state index contributed by atoms with van der Waals surface area (Å²) in [4.78, 5) is 11.3. The zero-order chi connectivity index (χ0) is 10.4. The molecular weight excluding hydrogens is 164 g/mol. The number of carbonyl (C=O) groups is 1. The van der Waals surface area contributed by atoms with Gasteiger partial charge in [-0.2, -0.15) is 0 Å². The van der Waals surface area contributed by atoms with Gasteiger partial charge in [0.2, 0.25) is 0 Å². The highest BCUT2D eigenvalue weighted by Crippen LogP contribution is 2.08. The van der Waals surface area contributed by atoms with E-state index in [1.165, 1.54) is 0 Å². The van der Waals surface area contributed by atoms with Gasteiger partial charge in [0.15, 0.2) is 5.78 Å². The molecule has 0 radical (unpaired) electrons. The third kappa shape index (κ3) is 3.28. The summed E-state index contributed by atoms with van der Waals surface area (Å²) in [6.45, 7) is 5.73. The number of hydrogen-bond acceptors (Lipinski definition) is 3. The number of hydrogen-bond donors (Lipinski definition) is 2. The standard InChI is InChI=1S/C10H20N2O/c1-4-7(5-2)9(11)10(12)8(13)6-3/h4,9-10H,5-6,11-12H2,1-3H3. The minimum absolute atomic E-state index is 0.0281. The van der Waals surface area contributed by atoms with Gasteiger partial charge in [0.05, 0.1) is 6.04 Å². The van der Waals surface area contributed by atoms with Crippen LogP contribution in [0.2, 0.25) is 0 Å². The van der Waals surface area contributed by atoms with Gasteiger partial charge in [-0.1, -0.05) is 25.5 Å². The van der Waals surface area contributed by atoms with Crippen molar-refractivity contribution >= 4 is 5.78 Å². The Kier molecular flexibility index (Phi) is 5.58. The number of allylic oxidation sites excluding steroid dienone is 1. The summed E-state index contributed by atoms with van der Waals surface area (Å²) in [6, 6.07) is -0.862. The summed E-state index contributed by atoms with van der Waals surface area (Å²) in [7, 11) is 0. The van der Waals surface area contributed by atoms with Gasteiger partial charge < -0.3 is 11.5 Å². The van der Waals surface area contributed by atoms with Crippen LogP contribution < -0.4 is 11.5 Å². The van der Waals surface area contributed by atoms with Crippen LogP contribution in [0.4, 0.5) is 0 Å². The number of Topliss-reactive ketones (excluding diaryl/α,β-unsaturated/α-hetero) is 1. The smallest absolute Gasteiger partial charge is 0.151 e. The molecule has 3 nitrogen and oxygen atoms in total. The van der Waals surface area contributed by atoms with Crippen LogP contribution in [0.3, 0.4) is 0 Å². The molecule has 0 spiro atoms. The highest BCUT2D eigenvalue weighted by atomic mass is 16.1. The summed E-state index contributed by atoms with van der Waals surface area (Å²) in [5.41, 5.74) is 12.6. The Morgan fingerprint density at radius 1 is 1.23 bits per heavy atom. The van der Waals surface area contributed by atoms with Crippen molar-refractivity contribution in [3.8, 4) is 0 Å². The van der Waals surface area contributed by atoms with Gasteiger partial charge in [0.1, 0.15) is 0 Å². The fraction of sp³-hybridized carbons (Fsp3) is 0.700. The van der Waals surface area contributed by atoms with E-state index in [4.69, 9.17) is 11.5 Å². The van der Waals surface area contributed by atoms with E-state index < -0.39 is 6.04 Å². The molecule has 0 saturated carbocycles. The van der Waals surface area contributed by atoms with Gasteiger partial charge in [-0.15, -0.1) is 0 Å². The van der Waals surface area contributed by atoms with E-state index in [2.05, 4.69) is 0 Å². The minimum atomic E-state index is -0.545. The first-order valence-electron chi connectivity index (χ1n) is 4.77. The molecule has 2 unspecified atom stereocenters. The molecule has 0 aliphatic heterocycles. The highest BCUT2D eigenvalue weighted by molar-refractivity contribution is 5.84. The van der Waals surface area contributed by atoms with Gasteiger partial charge >= 0.3 is 0 Å². The molecule has 0 saturated heterocycles. The quantitative estimate of drug-likeness (QED) is 0.626. The number of ketones is 1. The normalized spacial score (nSPS) is 16.8. The topological polar surface area (TPSA) is 69.1 Å². The molecule has 0 aliphatic carbocycles. The lowest BCUT2D eigenvalue weighted by Crippen LogP contribution is -2.47. The van der Waals surface area contributed by atoms with Crippen LogP contribution in [0.15, 0.2) is 11.6 Å². The van der Waals surface area contributed by atoms with Gasteiger partial charge in [-0.05, 0) is 13.3 Å². The van der Waals surface area contributed by atoms with Gasteiger partial charge in [-0.25, -0.2) is 0 Å². The number of nitrogens with two attached hydrogens (primary N) is 2. The number of rotatable bonds is 5. The summed E-state index contributed by atoms with van der Waals surface area (Å²) < 4.78 is 0. The van der Waals surface area contributed by atoms with E-state index in [-0.39, 0.29) is 11.8 Å². The van der Waals surface area contributed by atoms with Crippen molar-refractivity contribution in [3.63, 3.8) is 0 Å². The van der Waals surface area contributed by atoms with Gasteiger partial charge in [0, 0.05) is 12.5 Å². The maximum absolute atomic E-state index is 11.3. The minimum Gasteiger partial charge on any atom is -0.323 e. The highest BCUT2D eigenvalue weighted by Gasteiger charge is 2.21. The molecule has 0 aromatic rings. The average molecular weight is 184 g/mol. The van der Waals surface area contributed by atoms with Crippen LogP contribution in [0.5, 0.6) is 0 Å². The molecule has 76 valence electrons. The molecule has 0 rings (SSSR count). The number of carbonyl (C=O) groups excluding carboxylic acids is 1. The second-order valence-corrected chi connectivity index (χ2v) is 3.09. The van der Waals surface area contributed by atoms with Crippen molar-refractivity contribution in [3.05, 3.63) is 11.6 Å². The van der Waals surface area contributed by atoms with Crippen molar-refractivity contribution in [2.24, 2.45) is 11.5 Å². The Balaban J connectivity index is 4.40. The predicted molar refractivity (Wildman–Crippen MR) is 55.3 cm³/mol. The molecule has 4 N–H and O–H groups in total. The van der Waals surface area contributed by atoms with Crippen LogP contribution in [0, 0.1) is 0 Å². The third-order valence-corrected chi connectivity index (χ3v) is 2.31. The molecule has 0 aromatic carbocycles. The first-order chi connectivity index (χ1) is 6.08. The third-order valence-electron chi connectivity index (χ3n) is 2.31. The molecule has 3 heteroatoms. The van der Waals surface area contributed by atoms with E-state index in [0.717, 1.165) is 12.0 Å². The van der Waals surface area contributed by atoms with E-state index in [9.17, 15) is 4.79 Å². The molecule has 0 aliphatic rings. The lowest BCUT2D eigenvalue weighted by Gasteiger charge is -2.20. The van der Waals surface area contributed by atoms with Gasteiger partial charge in [0.25, 0.3) is 0 Å². The van der Waals surface area contributed by atoms with Crippen molar-refractivity contribution in [2.45, 2.75) is 45.7 Å². The molecule has 0 aromatic heterocycles. The van der Waals surface area contributed by atoms with Crippen LogP contribution in [0.1, 0.15) is 33.6 Å². The van der Waals surface area contributed by atoms with E-state index in [0.29, 0.717) is 6.42 Å². The molecule has 0 bridgehead atoms. The molecular formula is C10H20N2O. The zero-order valence-electron chi connectivity index (χ0n) is 8.71. The summed E-state index contributed by atoms with van der Waals surface area (Å²) in [6.07, 6.45) is 3.24. The van der Waals surface area contributed by atoms with Crippen LogP contribution in [-0.4, -0.2) is 17.9 Å². The molecule has 0 amide bonds. The van der Waals surface area contributed by atoms with Crippen molar-refractivity contribution in [1.82, 2.24) is 0 Å². The molecule has 13 heavy (non-hydrogen) atoms. The maximum atomic E-state index is 11.3. The summed E-state index contributed by atoms with van der Waals surface area (Å²) >= 11 is 0. The summed E-state index contributed by atoms with van der Waals surface area (Å²) in [5.74, 6) is 0.0281. The maximum Gasteiger partial charge on any atom is 0.151 e. The molecule has 0 heterocycles. The Labute approximate surface area is 80.2 Å². The zero-order valence-corrected chi connectivity index (χ0v) is 8.71. The monoisotopic (exact) mass is 184 g/mol. The van der Waals surface area contributed by atoms with Crippen molar-refractivity contribution in [2.75, 3.05) is 0 Å². The SMILES string of the molecule is CC=C(CC)C(N)C(N)C(=O)CC. The van der Waals surface area contributed by atoms with Crippen LogP contribution in [-0.2, 0) is 4.79 Å². The van der Waals surface area contributed by atoms with E-state index >= 15 is 0 Å². The molecule has 2 atom stereocenters. The first kappa shape index (κ1) is 12.3. The van der Waals surface area contributed by atoms with E-state index in [1.807, 2.05) is 19.9 Å². The Morgan fingerprint density at radius 2 is 1.77 bits per heavy atom. The van der Waals surface area contributed by atoms with Crippen LogP contribution in [0.25, 0.3) is 0 Å². The van der Waals surface area contributed by atoms with Crippen molar-refractivity contribution < 1.29 is 4.79 Å². The second kappa shape index (κ2) is 5.89. The van der Waals surface area contributed by atoms with Gasteiger partial charge in [-0.3, -0.25) is 4.79 Å². The lowest BCUT2D eigenvalue weighted by atomic mass is 9.95. The van der Waals surface area contributed by atoms with Crippen LogP contribution >= 0.6 is 0 Å². The fourth-order valence-electron chi connectivity index (χ4n) is 1.30. The Hall–Kier alpha value is -0.670. The first-order valence-corrected chi connectivity index (χ1v) is 4.77. The average Bonchev–Trinajstić information content (AvgIpc) is 2.17. The largest absolute Gasteiger partial charge is 0.323 e. The lowest BCUT2D eigenvalue weighted by molar-refractivity contribution is -0.120. The molecule has 0 fully saturated rings.